The minimum atomic E-state index is -0.702. The number of nitriles is 1. The number of fused-ring (bicyclic) bond motifs is 9. The van der Waals surface area contributed by atoms with Gasteiger partial charge in [-0.2, -0.15) is 5.26 Å². The number of carbonyl (C=O) groups is 1. The van der Waals surface area contributed by atoms with E-state index in [0.29, 0.717) is 42.4 Å². The molecule has 4 aliphatic heterocycles. The summed E-state index contributed by atoms with van der Waals surface area (Å²) >= 11 is 0. The van der Waals surface area contributed by atoms with Crippen LogP contribution < -0.4 is 30.0 Å². The molecule has 6 rings (SSSR count). The molecule has 2 aromatic carbocycles. The SMILES string of the molecule is C=CCOc1c(C)c2c(c3c1CC1[C@@H]4c5c(cc(C)c(OC)c5O)C[C@H](C(C#N)N1[C@H]3CNC(=O)[C@H](C)N)N4C)OCO2. The third kappa shape index (κ3) is 4.31. The molecule has 1 saturated heterocycles. The Balaban J connectivity index is 1.60. The van der Waals surface area contributed by atoms with Crippen molar-refractivity contribution in [1.29, 1.82) is 5.26 Å². The van der Waals surface area contributed by atoms with Crippen molar-refractivity contribution < 1.29 is 28.8 Å². The molecule has 0 aliphatic carbocycles. The van der Waals surface area contributed by atoms with Crippen LogP contribution in [0.3, 0.4) is 0 Å². The molecule has 4 aliphatic rings. The first kappa shape index (κ1) is 29.1. The number of nitrogens with zero attached hydrogens (tertiary/aromatic N) is 3. The van der Waals surface area contributed by atoms with Gasteiger partial charge in [0.05, 0.1) is 31.3 Å². The van der Waals surface area contributed by atoms with Crippen molar-refractivity contribution in [2.24, 2.45) is 5.73 Å². The summed E-state index contributed by atoms with van der Waals surface area (Å²) in [5, 5.41) is 25.4. The molecule has 0 saturated carbocycles. The highest BCUT2D eigenvalue weighted by atomic mass is 16.7. The molecule has 43 heavy (non-hydrogen) atoms. The number of amides is 1. The lowest BCUT2D eigenvalue weighted by atomic mass is 9.71. The van der Waals surface area contributed by atoms with E-state index in [2.05, 4.69) is 33.8 Å². The Morgan fingerprint density at radius 1 is 1.28 bits per heavy atom. The third-order valence-corrected chi connectivity index (χ3v) is 9.49. The third-order valence-electron chi connectivity index (χ3n) is 9.49. The standard InChI is InChI=1S/C32H39N5O6/c1-7-8-41-29-16(3)30-31(43-14-42-30)25-19(29)11-21-26-24-18(9-15(2)28(40-6)27(24)38)10-20(36(26)5)22(12-33)37(21)23(25)13-35-32(39)17(4)34/h7,9,17,20-23,26,38H,1,8,10-11,13-14,34H2,2-6H3,(H,35,39)/t17-,20+,21?,22?,23-,26+/m0/s1. The topological polar surface area (TPSA) is 143 Å². The number of carbonyl (C=O) groups excluding carboxylic acids is 1. The van der Waals surface area contributed by atoms with Gasteiger partial charge in [-0.3, -0.25) is 14.6 Å². The van der Waals surface area contributed by atoms with Crippen LogP contribution >= 0.6 is 0 Å². The van der Waals surface area contributed by atoms with Crippen molar-refractivity contribution in [2.45, 2.75) is 69.9 Å². The number of phenolic OH excluding ortho intramolecular Hbond substituents is 1. The van der Waals surface area contributed by atoms with Gasteiger partial charge in [-0.1, -0.05) is 18.7 Å². The minimum Gasteiger partial charge on any atom is -0.504 e. The summed E-state index contributed by atoms with van der Waals surface area (Å²) in [5.41, 5.74) is 11.2. The number of likely N-dealkylation sites (N-methyl/N-ethyl adjacent to an activating group) is 1. The molecule has 228 valence electrons. The maximum atomic E-state index is 12.8. The summed E-state index contributed by atoms with van der Waals surface area (Å²) in [5.74, 6) is 2.18. The molecule has 2 aromatic rings. The number of hydrogen-bond donors (Lipinski definition) is 3. The average molecular weight is 590 g/mol. The Kier molecular flexibility index (Phi) is 7.40. The van der Waals surface area contributed by atoms with Crippen molar-refractivity contribution in [3.63, 3.8) is 0 Å². The van der Waals surface area contributed by atoms with E-state index in [1.54, 1.807) is 20.1 Å². The number of nitrogens with two attached hydrogens (primary N) is 1. The van der Waals surface area contributed by atoms with Gasteiger partial charge >= 0.3 is 0 Å². The molecule has 11 nitrogen and oxygen atoms in total. The van der Waals surface area contributed by atoms with E-state index < -0.39 is 18.1 Å². The van der Waals surface area contributed by atoms with Gasteiger partial charge in [0, 0.05) is 40.9 Å². The lowest BCUT2D eigenvalue weighted by molar-refractivity contribution is -0.123. The van der Waals surface area contributed by atoms with Gasteiger partial charge in [-0.05, 0) is 51.8 Å². The molecule has 0 aromatic heterocycles. The molecule has 1 amide bonds. The molecule has 1 fully saturated rings. The van der Waals surface area contributed by atoms with Crippen molar-refractivity contribution in [3.05, 3.63) is 52.1 Å². The van der Waals surface area contributed by atoms with Crippen LogP contribution in [0.1, 0.15) is 52.4 Å². The number of benzene rings is 2. The first-order valence-electron chi connectivity index (χ1n) is 14.6. The summed E-state index contributed by atoms with van der Waals surface area (Å²) in [6, 6.07) is 2.30. The summed E-state index contributed by atoms with van der Waals surface area (Å²) in [4.78, 5) is 17.2. The summed E-state index contributed by atoms with van der Waals surface area (Å²) in [6.07, 6.45) is 2.78. The summed E-state index contributed by atoms with van der Waals surface area (Å²) in [7, 11) is 3.58. The number of nitrogens with one attached hydrogen (secondary N) is 1. The lowest BCUT2D eigenvalue weighted by Gasteiger charge is -2.60. The van der Waals surface area contributed by atoms with Gasteiger partial charge in [-0.15, -0.1) is 0 Å². The van der Waals surface area contributed by atoms with Crippen molar-refractivity contribution in [3.8, 4) is 34.8 Å². The van der Waals surface area contributed by atoms with Crippen molar-refractivity contribution >= 4 is 5.91 Å². The van der Waals surface area contributed by atoms with Crippen LogP contribution in [-0.2, 0) is 17.6 Å². The van der Waals surface area contributed by atoms with Gasteiger partial charge in [0.1, 0.15) is 18.4 Å². The monoisotopic (exact) mass is 589 g/mol. The first-order chi connectivity index (χ1) is 20.6. The molecule has 0 radical (unpaired) electrons. The fraction of sp³-hybridized carbons (Fsp3) is 0.500. The predicted molar refractivity (Wildman–Crippen MR) is 159 cm³/mol. The van der Waals surface area contributed by atoms with Crippen LogP contribution in [0.4, 0.5) is 0 Å². The Bertz CT molecular complexity index is 1530. The highest BCUT2D eigenvalue weighted by molar-refractivity contribution is 5.81. The van der Waals surface area contributed by atoms with Crippen LogP contribution in [0.2, 0.25) is 0 Å². The van der Waals surface area contributed by atoms with E-state index in [-0.39, 0.29) is 43.1 Å². The second-order valence-corrected chi connectivity index (χ2v) is 11.9. The maximum absolute atomic E-state index is 12.8. The van der Waals surface area contributed by atoms with E-state index >= 15 is 0 Å². The highest BCUT2D eigenvalue weighted by Gasteiger charge is 2.56. The Hall–Kier alpha value is -3.98. The Morgan fingerprint density at radius 2 is 2.02 bits per heavy atom. The van der Waals surface area contributed by atoms with Crippen molar-refractivity contribution in [1.82, 2.24) is 15.1 Å². The number of ether oxygens (including phenoxy) is 4. The number of methoxy groups -OCH3 is 1. The highest BCUT2D eigenvalue weighted by Crippen LogP contribution is 2.58. The van der Waals surface area contributed by atoms with Crippen LogP contribution in [-0.4, -0.2) is 79.1 Å². The van der Waals surface area contributed by atoms with E-state index in [1.165, 1.54) is 0 Å². The zero-order chi connectivity index (χ0) is 30.7. The normalized spacial score (nSPS) is 25.9. The molecule has 4 heterocycles. The van der Waals surface area contributed by atoms with Crippen LogP contribution in [0.25, 0.3) is 0 Å². The molecule has 0 spiro atoms. The summed E-state index contributed by atoms with van der Waals surface area (Å²) < 4.78 is 24.0. The lowest BCUT2D eigenvalue weighted by Crippen LogP contribution is -2.68. The second kappa shape index (κ2) is 10.9. The molecule has 2 bridgehead atoms. The summed E-state index contributed by atoms with van der Waals surface area (Å²) in [6.45, 7) is 9.89. The number of aryl methyl sites for hydroxylation is 1. The van der Waals surface area contributed by atoms with Gasteiger partial charge in [0.15, 0.2) is 23.0 Å². The smallest absolute Gasteiger partial charge is 0.236 e. The van der Waals surface area contributed by atoms with E-state index in [4.69, 9.17) is 24.7 Å². The van der Waals surface area contributed by atoms with E-state index in [0.717, 1.165) is 33.4 Å². The van der Waals surface area contributed by atoms with Crippen molar-refractivity contribution in [2.75, 3.05) is 34.1 Å². The Labute approximate surface area is 251 Å². The van der Waals surface area contributed by atoms with Gasteiger partial charge in [0.25, 0.3) is 0 Å². The second-order valence-electron chi connectivity index (χ2n) is 11.9. The quantitative estimate of drug-likeness (QED) is 0.413. The van der Waals surface area contributed by atoms with Crippen LogP contribution in [0.5, 0.6) is 28.7 Å². The molecule has 2 unspecified atom stereocenters. The van der Waals surface area contributed by atoms with Gasteiger partial charge < -0.3 is 35.1 Å². The van der Waals surface area contributed by atoms with E-state index in [1.807, 2.05) is 20.9 Å². The maximum Gasteiger partial charge on any atom is 0.236 e. The van der Waals surface area contributed by atoms with Crippen LogP contribution in [0, 0.1) is 25.2 Å². The fourth-order valence-corrected chi connectivity index (χ4v) is 7.73. The molecule has 6 atom stereocenters. The molecule has 11 heteroatoms. The largest absolute Gasteiger partial charge is 0.504 e. The number of hydrogen-bond acceptors (Lipinski definition) is 10. The van der Waals surface area contributed by atoms with E-state index in [9.17, 15) is 15.2 Å². The number of piperazine rings is 1. The number of phenols is 1. The number of aromatic hydroxyl groups is 1. The predicted octanol–water partition coefficient (Wildman–Crippen LogP) is 2.55. The molecular formula is C32H39N5O6. The molecule has 4 N–H and O–H groups in total. The van der Waals surface area contributed by atoms with Gasteiger partial charge in [-0.25, -0.2) is 0 Å². The van der Waals surface area contributed by atoms with Crippen LogP contribution in [0.15, 0.2) is 18.7 Å². The first-order valence-corrected chi connectivity index (χ1v) is 14.6. The van der Waals surface area contributed by atoms with Gasteiger partial charge in [0.2, 0.25) is 12.7 Å². The zero-order valence-corrected chi connectivity index (χ0v) is 25.3. The number of rotatable bonds is 7. The average Bonchev–Trinajstić information content (AvgIpc) is 3.46. The Morgan fingerprint density at radius 3 is 2.70 bits per heavy atom. The minimum absolute atomic E-state index is 0.0614. The zero-order valence-electron chi connectivity index (χ0n) is 25.3. The molecular weight excluding hydrogens is 550 g/mol. The fourth-order valence-electron chi connectivity index (χ4n) is 7.73.